The molecule has 0 atom stereocenters. The van der Waals surface area contributed by atoms with Gasteiger partial charge in [-0.15, -0.1) is 11.8 Å². The number of carbonyl (C=O) groups is 1. The molecule has 0 amide bonds. The van der Waals surface area contributed by atoms with Gasteiger partial charge in [-0.05, 0) is 30.3 Å². The van der Waals surface area contributed by atoms with Crippen molar-refractivity contribution in [3.63, 3.8) is 0 Å². The van der Waals surface area contributed by atoms with E-state index < -0.39 is 0 Å². The monoisotopic (exact) mass is 290 g/mol. The Balaban J connectivity index is 1.91. The second kappa shape index (κ2) is 7.10. The van der Waals surface area contributed by atoms with Gasteiger partial charge in [0.15, 0.2) is 0 Å². The van der Waals surface area contributed by atoms with Crippen LogP contribution in [0, 0.1) is 5.82 Å². The Morgan fingerprint density at radius 1 is 1.15 bits per heavy atom. The average Bonchev–Trinajstić information content (AvgIpc) is 2.47. The van der Waals surface area contributed by atoms with Gasteiger partial charge in [-0.1, -0.05) is 18.2 Å². The molecular weight excluding hydrogens is 275 g/mol. The Bertz CT molecular complexity index is 581. The number of hydrogen-bond acceptors (Lipinski definition) is 3. The highest BCUT2D eigenvalue weighted by molar-refractivity contribution is 8.00. The van der Waals surface area contributed by atoms with Crippen LogP contribution in [0.1, 0.15) is 5.56 Å². The fourth-order valence-corrected chi connectivity index (χ4v) is 2.57. The molecule has 0 fully saturated rings. The predicted molar refractivity (Wildman–Crippen MR) is 78.8 cm³/mol. The van der Waals surface area contributed by atoms with Crippen molar-refractivity contribution in [2.75, 3.05) is 12.9 Å². The SMILES string of the molecule is COc1ccccc1CC(=O)CSc1ccc(F)cc1. The quantitative estimate of drug-likeness (QED) is 0.758. The zero-order chi connectivity index (χ0) is 14.4. The van der Waals surface area contributed by atoms with Crippen LogP contribution >= 0.6 is 11.8 Å². The van der Waals surface area contributed by atoms with E-state index in [1.54, 1.807) is 19.2 Å². The van der Waals surface area contributed by atoms with Crippen molar-refractivity contribution in [2.24, 2.45) is 0 Å². The Morgan fingerprint density at radius 2 is 1.85 bits per heavy atom. The number of benzene rings is 2. The maximum Gasteiger partial charge on any atom is 0.147 e. The van der Waals surface area contributed by atoms with Crippen LogP contribution in [0.3, 0.4) is 0 Å². The highest BCUT2D eigenvalue weighted by atomic mass is 32.2. The molecule has 20 heavy (non-hydrogen) atoms. The zero-order valence-electron chi connectivity index (χ0n) is 11.1. The predicted octanol–water partition coefficient (Wildman–Crippen LogP) is 3.74. The first-order valence-corrected chi connectivity index (χ1v) is 7.19. The smallest absolute Gasteiger partial charge is 0.147 e. The number of para-hydroxylation sites is 1. The fraction of sp³-hybridized carbons (Fsp3) is 0.188. The van der Waals surface area contributed by atoms with E-state index in [1.807, 2.05) is 24.3 Å². The molecule has 104 valence electrons. The van der Waals surface area contributed by atoms with Crippen LogP contribution in [-0.2, 0) is 11.2 Å². The van der Waals surface area contributed by atoms with Gasteiger partial charge >= 0.3 is 0 Å². The van der Waals surface area contributed by atoms with Gasteiger partial charge in [0.2, 0.25) is 0 Å². The molecule has 2 nitrogen and oxygen atoms in total. The number of rotatable bonds is 6. The summed E-state index contributed by atoms with van der Waals surface area (Å²) in [7, 11) is 1.59. The Kier molecular flexibility index (Phi) is 5.18. The van der Waals surface area contributed by atoms with Gasteiger partial charge in [-0.2, -0.15) is 0 Å². The molecule has 2 aromatic rings. The normalized spacial score (nSPS) is 10.3. The minimum Gasteiger partial charge on any atom is -0.496 e. The van der Waals surface area contributed by atoms with Gasteiger partial charge in [-0.3, -0.25) is 4.79 Å². The number of halogens is 1. The molecule has 0 aliphatic heterocycles. The summed E-state index contributed by atoms with van der Waals surface area (Å²) in [6, 6.07) is 13.6. The fourth-order valence-electron chi connectivity index (χ4n) is 1.81. The summed E-state index contributed by atoms with van der Waals surface area (Å²) in [6.07, 6.45) is 0.345. The van der Waals surface area contributed by atoms with Crippen molar-refractivity contribution in [1.82, 2.24) is 0 Å². The molecule has 0 aromatic heterocycles. The van der Waals surface area contributed by atoms with Crippen LogP contribution in [0.15, 0.2) is 53.4 Å². The van der Waals surface area contributed by atoms with Crippen LogP contribution in [0.2, 0.25) is 0 Å². The molecule has 0 radical (unpaired) electrons. The van der Waals surface area contributed by atoms with Crippen molar-refractivity contribution in [3.8, 4) is 5.75 Å². The Hall–Kier alpha value is -1.81. The first-order chi connectivity index (χ1) is 9.69. The van der Waals surface area contributed by atoms with E-state index >= 15 is 0 Å². The molecular formula is C16H15FO2S. The maximum absolute atomic E-state index is 12.8. The van der Waals surface area contributed by atoms with Crippen LogP contribution in [0.25, 0.3) is 0 Å². The third-order valence-corrected chi connectivity index (χ3v) is 3.87. The number of thioether (sulfide) groups is 1. The molecule has 4 heteroatoms. The topological polar surface area (TPSA) is 26.3 Å². The lowest BCUT2D eigenvalue weighted by Gasteiger charge is -2.07. The molecule has 0 heterocycles. The molecule has 0 spiro atoms. The third-order valence-electron chi connectivity index (χ3n) is 2.79. The number of methoxy groups -OCH3 is 1. The van der Waals surface area contributed by atoms with E-state index in [4.69, 9.17) is 4.74 Å². The van der Waals surface area contributed by atoms with Crippen molar-refractivity contribution in [1.29, 1.82) is 0 Å². The third kappa shape index (κ3) is 4.10. The first-order valence-electron chi connectivity index (χ1n) is 6.21. The molecule has 0 N–H and O–H groups in total. The van der Waals surface area contributed by atoms with Crippen molar-refractivity contribution < 1.29 is 13.9 Å². The molecule has 0 saturated carbocycles. The summed E-state index contributed by atoms with van der Waals surface area (Å²) in [6.45, 7) is 0. The first kappa shape index (κ1) is 14.6. The van der Waals surface area contributed by atoms with Gasteiger partial charge in [0.1, 0.15) is 17.3 Å². The molecule has 2 aromatic carbocycles. The van der Waals surface area contributed by atoms with Crippen molar-refractivity contribution in [3.05, 3.63) is 59.9 Å². The van der Waals surface area contributed by atoms with Crippen LogP contribution in [0.5, 0.6) is 5.75 Å². The Labute approximate surface area is 122 Å². The van der Waals surface area contributed by atoms with E-state index in [0.717, 1.165) is 16.2 Å². The second-order valence-electron chi connectivity index (χ2n) is 4.27. The van der Waals surface area contributed by atoms with Gasteiger partial charge in [0.25, 0.3) is 0 Å². The van der Waals surface area contributed by atoms with E-state index in [9.17, 15) is 9.18 Å². The lowest BCUT2D eigenvalue weighted by atomic mass is 10.1. The number of hydrogen-bond donors (Lipinski definition) is 0. The van der Waals surface area contributed by atoms with E-state index in [0.29, 0.717) is 12.2 Å². The standard InChI is InChI=1S/C16H15FO2S/c1-19-16-5-3-2-4-12(16)10-14(18)11-20-15-8-6-13(17)7-9-15/h2-9H,10-11H2,1H3. The molecule has 0 bridgehead atoms. The van der Waals surface area contributed by atoms with Crippen LogP contribution < -0.4 is 4.74 Å². The van der Waals surface area contributed by atoms with E-state index in [1.165, 1.54) is 23.9 Å². The van der Waals surface area contributed by atoms with E-state index in [2.05, 4.69) is 0 Å². The van der Waals surface area contributed by atoms with Gasteiger partial charge in [0.05, 0.1) is 12.9 Å². The number of ether oxygens (including phenoxy) is 1. The summed E-state index contributed by atoms with van der Waals surface area (Å²) >= 11 is 1.41. The van der Waals surface area contributed by atoms with Gasteiger partial charge in [0, 0.05) is 16.9 Å². The molecule has 0 saturated heterocycles. The maximum atomic E-state index is 12.8. The largest absolute Gasteiger partial charge is 0.496 e. The summed E-state index contributed by atoms with van der Waals surface area (Å²) < 4.78 is 18.0. The molecule has 2 rings (SSSR count). The zero-order valence-corrected chi connectivity index (χ0v) is 12.0. The van der Waals surface area contributed by atoms with Gasteiger partial charge in [-0.25, -0.2) is 4.39 Å². The number of ketones is 1. The summed E-state index contributed by atoms with van der Waals surface area (Å²) in [4.78, 5) is 12.9. The summed E-state index contributed by atoms with van der Waals surface area (Å²) in [5.41, 5.74) is 0.889. The minimum atomic E-state index is -0.269. The van der Waals surface area contributed by atoms with E-state index in [-0.39, 0.29) is 11.6 Å². The summed E-state index contributed by atoms with van der Waals surface area (Å²) in [5, 5.41) is 0. The highest BCUT2D eigenvalue weighted by Gasteiger charge is 2.08. The van der Waals surface area contributed by atoms with Crippen molar-refractivity contribution in [2.45, 2.75) is 11.3 Å². The molecule has 0 aliphatic rings. The number of Topliss-reactive ketones (excluding diaryl/α,β-unsaturated/α-hetero) is 1. The minimum absolute atomic E-state index is 0.115. The second-order valence-corrected chi connectivity index (χ2v) is 5.32. The van der Waals surface area contributed by atoms with Crippen LogP contribution in [0.4, 0.5) is 4.39 Å². The lowest BCUT2D eigenvalue weighted by Crippen LogP contribution is -2.06. The van der Waals surface area contributed by atoms with Gasteiger partial charge < -0.3 is 4.74 Å². The van der Waals surface area contributed by atoms with Crippen molar-refractivity contribution >= 4 is 17.5 Å². The summed E-state index contributed by atoms with van der Waals surface area (Å²) in [5.74, 6) is 0.940. The Morgan fingerprint density at radius 3 is 2.55 bits per heavy atom. The number of carbonyl (C=O) groups excluding carboxylic acids is 1. The lowest BCUT2D eigenvalue weighted by molar-refractivity contribution is -0.116. The highest BCUT2D eigenvalue weighted by Crippen LogP contribution is 2.21. The average molecular weight is 290 g/mol. The molecule has 0 unspecified atom stereocenters. The van der Waals surface area contributed by atoms with Crippen LogP contribution in [-0.4, -0.2) is 18.6 Å². The molecule has 0 aliphatic carbocycles.